The highest BCUT2D eigenvalue weighted by Gasteiger charge is 2.02. The first-order valence-electron chi connectivity index (χ1n) is 3.82. The summed E-state index contributed by atoms with van der Waals surface area (Å²) in [6, 6.07) is 0. The molecule has 0 fully saturated rings. The van der Waals surface area contributed by atoms with Crippen LogP contribution < -0.4 is 0 Å². The fraction of sp³-hybridized carbons (Fsp3) is 0.571. The lowest BCUT2D eigenvalue weighted by Gasteiger charge is -1.92. The summed E-state index contributed by atoms with van der Waals surface area (Å²) in [5.74, 6) is -0.193. The largest absolute Gasteiger partial charge is 0.480 e. The van der Waals surface area contributed by atoms with Crippen LogP contribution in [0.2, 0.25) is 0 Å². The molecule has 0 unspecified atom stereocenters. The Kier molecular flexibility index (Phi) is 2.79. The van der Waals surface area contributed by atoms with Gasteiger partial charge < -0.3 is 5.11 Å². The van der Waals surface area contributed by atoms with Crippen molar-refractivity contribution in [1.29, 1.82) is 0 Å². The Balaban J connectivity index is 2.58. The van der Waals surface area contributed by atoms with Gasteiger partial charge in [-0.25, -0.2) is 9.67 Å². The molecule has 1 aromatic heterocycles. The average Bonchev–Trinajstić information content (AvgIpc) is 2.36. The van der Waals surface area contributed by atoms with Crippen molar-refractivity contribution in [2.24, 2.45) is 0 Å². The lowest BCUT2D eigenvalue weighted by atomic mass is 10.3. The Morgan fingerprint density at radius 1 is 1.75 bits per heavy atom. The summed E-state index contributed by atoms with van der Waals surface area (Å²) in [5, 5.41) is 12.4. The fourth-order valence-electron chi connectivity index (χ4n) is 0.886. The molecule has 0 atom stereocenters. The van der Waals surface area contributed by atoms with Gasteiger partial charge in [0.05, 0.1) is 0 Å². The van der Waals surface area contributed by atoms with Crippen LogP contribution in [0.3, 0.4) is 0 Å². The first-order chi connectivity index (χ1) is 5.72. The lowest BCUT2D eigenvalue weighted by Crippen LogP contribution is -2.09. The fourth-order valence-corrected chi connectivity index (χ4v) is 0.886. The molecule has 0 radical (unpaired) electrons. The second-order valence-corrected chi connectivity index (χ2v) is 2.50. The molecule has 5 heteroatoms. The number of aryl methyl sites for hydroxylation is 1. The SMILES string of the molecule is CCCc1ncn(CC(=O)O)n1. The van der Waals surface area contributed by atoms with Crippen LogP contribution in [0.1, 0.15) is 19.2 Å². The topological polar surface area (TPSA) is 68.0 Å². The van der Waals surface area contributed by atoms with Crippen molar-refractivity contribution in [3.63, 3.8) is 0 Å². The highest BCUT2D eigenvalue weighted by molar-refractivity contribution is 5.66. The third kappa shape index (κ3) is 2.34. The second kappa shape index (κ2) is 3.85. The van der Waals surface area contributed by atoms with Crippen LogP contribution in [0.25, 0.3) is 0 Å². The Bertz CT molecular complexity index is 269. The van der Waals surface area contributed by atoms with E-state index in [1.807, 2.05) is 6.92 Å². The van der Waals surface area contributed by atoms with E-state index in [0.717, 1.165) is 12.8 Å². The van der Waals surface area contributed by atoms with Gasteiger partial charge in [0.25, 0.3) is 0 Å². The molecular weight excluding hydrogens is 158 g/mol. The van der Waals surface area contributed by atoms with Gasteiger partial charge in [-0.15, -0.1) is 0 Å². The molecule has 0 aromatic carbocycles. The highest BCUT2D eigenvalue weighted by atomic mass is 16.4. The predicted molar refractivity (Wildman–Crippen MR) is 41.7 cm³/mol. The quantitative estimate of drug-likeness (QED) is 0.704. The van der Waals surface area contributed by atoms with Crippen molar-refractivity contribution in [2.45, 2.75) is 26.3 Å². The zero-order valence-electron chi connectivity index (χ0n) is 6.90. The molecule has 0 aliphatic heterocycles. The summed E-state index contributed by atoms with van der Waals surface area (Å²) >= 11 is 0. The Morgan fingerprint density at radius 2 is 2.50 bits per heavy atom. The molecule has 0 saturated carbocycles. The van der Waals surface area contributed by atoms with E-state index in [4.69, 9.17) is 5.11 Å². The Hall–Kier alpha value is -1.39. The summed E-state index contributed by atoms with van der Waals surface area (Å²) in [6.45, 7) is 1.91. The molecule has 12 heavy (non-hydrogen) atoms. The van der Waals surface area contributed by atoms with Gasteiger partial charge in [0.1, 0.15) is 12.9 Å². The van der Waals surface area contributed by atoms with E-state index >= 15 is 0 Å². The van der Waals surface area contributed by atoms with Crippen LogP contribution in [0, 0.1) is 0 Å². The van der Waals surface area contributed by atoms with E-state index in [0.29, 0.717) is 5.82 Å². The molecule has 1 N–H and O–H groups in total. The maximum atomic E-state index is 10.2. The van der Waals surface area contributed by atoms with Gasteiger partial charge >= 0.3 is 5.97 Å². The van der Waals surface area contributed by atoms with E-state index in [1.165, 1.54) is 11.0 Å². The van der Waals surface area contributed by atoms with Crippen LogP contribution in [-0.2, 0) is 17.8 Å². The number of nitrogens with zero attached hydrogens (tertiary/aromatic N) is 3. The van der Waals surface area contributed by atoms with Crippen LogP contribution in [0.15, 0.2) is 6.33 Å². The summed E-state index contributed by atoms with van der Waals surface area (Å²) in [4.78, 5) is 14.2. The van der Waals surface area contributed by atoms with Gasteiger partial charge in [-0.05, 0) is 6.42 Å². The van der Waals surface area contributed by atoms with E-state index < -0.39 is 5.97 Å². The molecule has 0 amide bonds. The molecule has 0 aliphatic rings. The van der Waals surface area contributed by atoms with Gasteiger partial charge in [-0.1, -0.05) is 6.92 Å². The molecule has 0 aliphatic carbocycles. The molecule has 0 bridgehead atoms. The number of carboxylic acids is 1. The van der Waals surface area contributed by atoms with Crippen molar-refractivity contribution in [3.8, 4) is 0 Å². The minimum absolute atomic E-state index is 0.114. The first-order valence-corrected chi connectivity index (χ1v) is 3.82. The summed E-state index contributed by atoms with van der Waals surface area (Å²) in [7, 11) is 0. The lowest BCUT2D eigenvalue weighted by molar-refractivity contribution is -0.137. The highest BCUT2D eigenvalue weighted by Crippen LogP contribution is 1.94. The van der Waals surface area contributed by atoms with Crippen LogP contribution in [-0.4, -0.2) is 25.8 Å². The molecule has 5 nitrogen and oxygen atoms in total. The number of carboxylic acid groups (broad SMARTS) is 1. The number of aliphatic carboxylic acids is 1. The van der Waals surface area contributed by atoms with Gasteiger partial charge in [-0.3, -0.25) is 4.79 Å². The summed E-state index contributed by atoms with van der Waals surface area (Å²) in [5.41, 5.74) is 0. The van der Waals surface area contributed by atoms with E-state index in [1.54, 1.807) is 0 Å². The van der Waals surface area contributed by atoms with Crippen molar-refractivity contribution >= 4 is 5.97 Å². The zero-order valence-corrected chi connectivity index (χ0v) is 6.90. The number of hydrogen-bond donors (Lipinski definition) is 1. The van der Waals surface area contributed by atoms with Gasteiger partial charge in [-0.2, -0.15) is 5.10 Å². The number of carbonyl (C=O) groups is 1. The Labute approximate surface area is 70.0 Å². The normalized spacial score (nSPS) is 10.1. The van der Waals surface area contributed by atoms with Crippen molar-refractivity contribution in [3.05, 3.63) is 12.2 Å². The monoisotopic (exact) mass is 169 g/mol. The van der Waals surface area contributed by atoms with E-state index in [2.05, 4.69) is 10.1 Å². The minimum atomic E-state index is -0.900. The smallest absolute Gasteiger partial charge is 0.325 e. The maximum absolute atomic E-state index is 10.2. The number of rotatable bonds is 4. The molecule has 0 spiro atoms. The van der Waals surface area contributed by atoms with Crippen molar-refractivity contribution in [1.82, 2.24) is 14.8 Å². The molecule has 1 aromatic rings. The third-order valence-electron chi connectivity index (χ3n) is 1.35. The molecule has 66 valence electrons. The predicted octanol–water partition coefficient (Wildman–Crippen LogP) is 0.315. The third-order valence-corrected chi connectivity index (χ3v) is 1.35. The number of hydrogen-bond acceptors (Lipinski definition) is 3. The van der Waals surface area contributed by atoms with Crippen molar-refractivity contribution in [2.75, 3.05) is 0 Å². The van der Waals surface area contributed by atoms with Crippen molar-refractivity contribution < 1.29 is 9.90 Å². The zero-order chi connectivity index (χ0) is 8.97. The van der Waals surface area contributed by atoms with Crippen LogP contribution >= 0.6 is 0 Å². The first kappa shape index (κ1) is 8.70. The van der Waals surface area contributed by atoms with Crippen LogP contribution in [0.5, 0.6) is 0 Å². The molecule has 0 saturated heterocycles. The van der Waals surface area contributed by atoms with E-state index in [9.17, 15) is 4.79 Å². The molecule has 1 heterocycles. The molecule has 1 rings (SSSR count). The summed E-state index contributed by atoms with van der Waals surface area (Å²) < 4.78 is 1.33. The van der Waals surface area contributed by atoms with Gasteiger partial charge in [0.15, 0.2) is 5.82 Å². The summed E-state index contributed by atoms with van der Waals surface area (Å²) in [6.07, 6.45) is 3.21. The second-order valence-electron chi connectivity index (χ2n) is 2.50. The van der Waals surface area contributed by atoms with E-state index in [-0.39, 0.29) is 6.54 Å². The number of aromatic nitrogens is 3. The minimum Gasteiger partial charge on any atom is -0.480 e. The van der Waals surface area contributed by atoms with Gasteiger partial charge in [0.2, 0.25) is 0 Å². The van der Waals surface area contributed by atoms with Gasteiger partial charge in [0, 0.05) is 6.42 Å². The standard InChI is InChI=1S/C7H11N3O2/c1-2-3-6-8-5-10(9-6)4-7(11)12/h5H,2-4H2,1H3,(H,11,12). The maximum Gasteiger partial charge on any atom is 0.325 e. The van der Waals surface area contributed by atoms with Crippen LogP contribution in [0.4, 0.5) is 0 Å². The Morgan fingerprint density at radius 3 is 3.08 bits per heavy atom. The molecular formula is C7H11N3O2. The average molecular weight is 169 g/mol.